The Balaban J connectivity index is 1.88. The molecule has 1 heterocycles. The Morgan fingerprint density at radius 2 is 2.21 bits per heavy atom. The molecule has 19 heavy (non-hydrogen) atoms. The van der Waals surface area contributed by atoms with Crippen LogP contribution in [0, 0.1) is 6.92 Å². The van der Waals surface area contributed by atoms with Crippen LogP contribution in [0.4, 0.5) is 4.79 Å². The number of pyridine rings is 1. The summed E-state index contributed by atoms with van der Waals surface area (Å²) in [5.74, 6) is -0.987. The van der Waals surface area contributed by atoms with Gasteiger partial charge in [0.1, 0.15) is 6.54 Å². The van der Waals surface area contributed by atoms with Crippen molar-refractivity contribution in [3.63, 3.8) is 0 Å². The Morgan fingerprint density at radius 3 is 2.74 bits per heavy atom. The van der Waals surface area contributed by atoms with Gasteiger partial charge in [-0.1, -0.05) is 6.07 Å². The molecule has 2 amide bonds. The average Bonchev–Trinajstić information content (AvgIpc) is 3.19. The van der Waals surface area contributed by atoms with Crippen molar-refractivity contribution in [2.75, 3.05) is 6.54 Å². The summed E-state index contributed by atoms with van der Waals surface area (Å²) in [6.45, 7) is 2.00. The zero-order valence-electron chi connectivity index (χ0n) is 10.8. The molecule has 0 spiro atoms. The first-order chi connectivity index (χ1) is 9.06. The number of aryl methyl sites for hydroxylation is 1. The molecule has 0 saturated heterocycles. The van der Waals surface area contributed by atoms with Gasteiger partial charge >= 0.3 is 12.0 Å². The number of nitrogens with one attached hydrogen (secondary N) is 1. The second kappa shape index (κ2) is 5.69. The lowest BCUT2D eigenvalue weighted by molar-refractivity contribution is -0.137. The minimum Gasteiger partial charge on any atom is -0.480 e. The van der Waals surface area contributed by atoms with Gasteiger partial charge in [-0.05, 0) is 31.4 Å². The fourth-order valence-corrected chi connectivity index (χ4v) is 1.78. The van der Waals surface area contributed by atoms with Crippen molar-refractivity contribution in [1.82, 2.24) is 15.2 Å². The SMILES string of the molecule is Cc1ccc(CNC(=O)N(CC(=O)O)C2CC2)cn1. The van der Waals surface area contributed by atoms with Crippen molar-refractivity contribution in [3.05, 3.63) is 29.6 Å². The lowest BCUT2D eigenvalue weighted by Gasteiger charge is -2.20. The molecule has 0 unspecified atom stereocenters. The Labute approximate surface area is 111 Å². The van der Waals surface area contributed by atoms with Crippen LogP contribution in [-0.2, 0) is 11.3 Å². The molecule has 102 valence electrons. The van der Waals surface area contributed by atoms with E-state index in [1.165, 1.54) is 4.90 Å². The molecule has 1 aliphatic carbocycles. The first kappa shape index (κ1) is 13.3. The second-order valence-electron chi connectivity index (χ2n) is 4.72. The van der Waals surface area contributed by atoms with E-state index in [0.29, 0.717) is 6.54 Å². The third-order valence-corrected chi connectivity index (χ3v) is 2.97. The Kier molecular flexibility index (Phi) is 3.99. The number of carboxylic acid groups (broad SMARTS) is 1. The zero-order chi connectivity index (χ0) is 13.8. The van der Waals surface area contributed by atoms with Crippen molar-refractivity contribution >= 4 is 12.0 Å². The molecule has 1 aromatic heterocycles. The van der Waals surface area contributed by atoms with Gasteiger partial charge in [0.2, 0.25) is 0 Å². The van der Waals surface area contributed by atoms with E-state index >= 15 is 0 Å². The van der Waals surface area contributed by atoms with Gasteiger partial charge in [-0.15, -0.1) is 0 Å². The van der Waals surface area contributed by atoms with Gasteiger partial charge < -0.3 is 15.3 Å². The van der Waals surface area contributed by atoms with Crippen LogP contribution >= 0.6 is 0 Å². The average molecular weight is 263 g/mol. The number of urea groups is 1. The van der Waals surface area contributed by atoms with Gasteiger partial charge in [-0.25, -0.2) is 4.79 Å². The number of hydrogen-bond donors (Lipinski definition) is 2. The summed E-state index contributed by atoms with van der Waals surface area (Å²) in [5.41, 5.74) is 1.81. The molecule has 6 heteroatoms. The van der Waals surface area contributed by atoms with Crippen molar-refractivity contribution < 1.29 is 14.7 Å². The van der Waals surface area contributed by atoms with Gasteiger partial charge in [-0.3, -0.25) is 9.78 Å². The number of rotatable bonds is 5. The van der Waals surface area contributed by atoms with Crippen LogP contribution < -0.4 is 5.32 Å². The molecule has 1 saturated carbocycles. The van der Waals surface area contributed by atoms with Crippen LogP contribution in [-0.4, -0.2) is 39.6 Å². The Hall–Kier alpha value is -2.11. The normalized spacial score (nSPS) is 13.9. The van der Waals surface area contributed by atoms with Crippen LogP contribution in [0.15, 0.2) is 18.3 Å². The molecule has 1 fully saturated rings. The molecule has 2 N–H and O–H groups in total. The second-order valence-corrected chi connectivity index (χ2v) is 4.72. The predicted molar refractivity (Wildman–Crippen MR) is 68.6 cm³/mol. The van der Waals surface area contributed by atoms with Crippen LogP contribution in [0.1, 0.15) is 24.1 Å². The van der Waals surface area contributed by atoms with Gasteiger partial charge in [0.05, 0.1) is 0 Å². The number of amides is 2. The topological polar surface area (TPSA) is 82.5 Å². The van der Waals surface area contributed by atoms with Crippen LogP contribution in [0.5, 0.6) is 0 Å². The fraction of sp³-hybridized carbons (Fsp3) is 0.462. The molecule has 0 aromatic carbocycles. The summed E-state index contributed by atoms with van der Waals surface area (Å²) in [6, 6.07) is 3.51. The van der Waals surface area contributed by atoms with Crippen molar-refractivity contribution in [3.8, 4) is 0 Å². The quantitative estimate of drug-likeness (QED) is 0.834. The van der Waals surface area contributed by atoms with Gasteiger partial charge in [0.25, 0.3) is 0 Å². The standard InChI is InChI=1S/C13H17N3O3/c1-9-2-3-10(6-14-9)7-15-13(19)16(8-12(17)18)11-4-5-11/h2-3,6,11H,4-5,7-8H2,1H3,(H,15,19)(H,17,18). The minimum atomic E-state index is -0.987. The number of carboxylic acids is 1. The lowest BCUT2D eigenvalue weighted by Crippen LogP contribution is -2.43. The molecule has 0 bridgehead atoms. The first-order valence-corrected chi connectivity index (χ1v) is 6.24. The number of carbonyl (C=O) groups excluding carboxylic acids is 1. The van der Waals surface area contributed by atoms with Gasteiger partial charge in [0, 0.05) is 24.5 Å². The van der Waals surface area contributed by atoms with E-state index in [-0.39, 0.29) is 18.6 Å². The van der Waals surface area contributed by atoms with E-state index in [1.54, 1.807) is 6.20 Å². The number of hydrogen-bond acceptors (Lipinski definition) is 3. The summed E-state index contributed by atoms with van der Waals surface area (Å²) in [6.07, 6.45) is 3.47. The summed E-state index contributed by atoms with van der Waals surface area (Å²) < 4.78 is 0. The molecule has 0 radical (unpaired) electrons. The highest BCUT2D eigenvalue weighted by Crippen LogP contribution is 2.26. The summed E-state index contributed by atoms with van der Waals surface area (Å²) in [7, 11) is 0. The molecule has 2 rings (SSSR count). The van der Waals surface area contributed by atoms with E-state index in [4.69, 9.17) is 5.11 Å². The van der Waals surface area contributed by atoms with Crippen LogP contribution in [0.3, 0.4) is 0 Å². The molecule has 1 aromatic rings. The third kappa shape index (κ3) is 3.94. The van der Waals surface area contributed by atoms with E-state index in [2.05, 4.69) is 10.3 Å². The fourth-order valence-electron chi connectivity index (χ4n) is 1.78. The highest BCUT2D eigenvalue weighted by atomic mass is 16.4. The molecule has 0 aliphatic heterocycles. The maximum absolute atomic E-state index is 11.9. The first-order valence-electron chi connectivity index (χ1n) is 6.24. The molecular formula is C13H17N3O3. The van der Waals surface area contributed by atoms with E-state index in [9.17, 15) is 9.59 Å². The smallest absolute Gasteiger partial charge is 0.323 e. The monoisotopic (exact) mass is 263 g/mol. The zero-order valence-corrected chi connectivity index (χ0v) is 10.8. The lowest BCUT2D eigenvalue weighted by atomic mass is 10.2. The van der Waals surface area contributed by atoms with Crippen molar-refractivity contribution in [1.29, 1.82) is 0 Å². The number of nitrogens with zero attached hydrogens (tertiary/aromatic N) is 2. The Morgan fingerprint density at radius 1 is 1.47 bits per heavy atom. The van der Waals surface area contributed by atoms with E-state index in [1.807, 2.05) is 19.1 Å². The van der Waals surface area contributed by atoms with Crippen LogP contribution in [0.25, 0.3) is 0 Å². The van der Waals surface area contributed by atoms with E-state index < -0.39 is 5.97 Å². The molecule has 0 atom stereocenters. The molecule has 1 aliphatic rings. The number of carbonyl (C=O) groups is 2. The highest BCUT2D eigenvalue weighted by molar-refractivity contribution is 5.80. The molecule has 6 nitrogen and oxygen atoms in total. The maximum Gasteiger partial charge on any atom is 0.323 e. The summed E-state index contributed by atoms with van der Waals surface area (Å²) >= 11 is 0. The Bertz CT molecular complexity index is 469. The maximum atomic E-state index is 11.9. The van der Waals surface area contributed by atoms with Gasteiger partial charge in [0.15, 0.2) is 0 Å². The highest BCUT2D eigenvalue weighted by Gasteiger charge is 2.33. The molecular weight excluding hydrogens is 246 g/mol. The predicted octanol–water partition coefficient (Wildman–Crippen LogP) is 1.15. The number of aliphatic carboxylic acids is 1. The summed E-state index contributed by atoms with van der Waals surface area (Å²) in [5, 5.41) is 11.5. The largest absolute Gasteiger partial charge is 0.480 e. The van der Waals surface area contributed by atoms with Crippen molar-refractivity contribution in [2.24, 2.45) is 0 Å². The number of aromatic nitrogens is 1. The summed E-state index contributed by atoms with van der Waals surface area (Å²) in [4.78, 5) is 28.2. The van der Waals surface area contributed by atoms with Crippen molar-refractivity contribution in [2.45, 2.75) is 32.4 Å². The van der Waals surface area contributed by atoms with Gasteiger partial charge in [-0.2, -0.15) is 0 Å². The third-order valence-electron chi connectivity index (χ3n) is 2.97. The minimum absolute atomic E-state index is 0.0762. The van der Waals surface area contributed by atoms with Crippen LogP contribution in [0.2, 0.25) is 0 Å². The van der Waals surface area contributed by atoms with E-state index in [0.717, 1.165) is 24.1 Å².